The van der Waals surface area contributed by atoms with Crippen LogP contribution in [0.4, 0.5) is 4.79 Å². The van der Waals surface area contributed by atoms with Crippen molar-refractivity contribution in [3.05, 3.63) is 31.1 Å². The lowest BCUT2D eigenvalue weighted by Crippen LogP contribution is -2.56. The van der Waals surface area contributed by atoms with E-state index < -0.39 is 47.1 Å². The number of likely N-dealkylation sites (tertiary alicyclic amines) is 1. The molecule has 5 atom stereocenters. The first kappa shape index (κ1) is 31.8. The molecule has 13 heteroatoms. The predicted octanol–water partition coefficient (Wildman–Crippen LogP) is 2.54. The third-order valence-electron chi connectivity index (χ3n) is 7.29. The number of hydrogen-bond acceptors (Lipinski definition) is 9. The first-order valence-corrected chi connectivity index (χ1v) is 14.2. The van der Waals surface area contributed by atoms with Crippen molar-refractivity contribution in [1.82, 2.24) is 36.2 Å². The number of H-pyrrole nitrogens is 1. The smallest absolute Gasteiger partial charge is 0.408 e. The molecule has 1 aliphatic heterocycles. The number of tetrazole rings is 1. The zero-order valence-electron chi connectivity index (χ0n) is 24.5. The number of aromatic amines is 1. The van der Waals surface area contributed by atoms with E-state index in [0.29, 0.717) is 25.1 Å². The van der Waals surface area contributed by atoms with Crippen LogP contribution >= 0.6 is 0 Å². The Hall–Kier alpha value is -3.77. The summed E-state index contributed by atoms with van der Waals surface area (Å²) in [5, 5.41) is 19.7. The zero-order chi connectivity index (χ0) is 30.2. The van der Waals surface area contributed by atoms with E-state index in [0.717, 1.165) is 19.3 Å². The van der Waals surface area contributed by atoms with Crippen LogP contribution in [0.1, 0.15) is 84.4 Å². The normalized spacial score (nSPS) is 24.2. The lowest BCUT2D eigenvalue weighted by Gasteiger charge is -2.30. The Morgan fingerprint density at radius 2 is 1.98 bits per heavy atom. The van der Waals surface area contributed by atoms with Gasteiger partial charge in [0.25, 0.3) is 0 Å². The SMILES string of the molecule is C=CCCCCC[C@H](NC(=O)OC(C)(C)C)C(=O)N1C[C@H](c2nn[nH]n2)C[C@H]1C(=O)NC1(C(=O)OCC)CC1C=C. The Morgan fingerprint density at radius 3 is 2.56 bits per heavy atom. The Balaban J connectivity index is 1.84. The van der Waals surface area contributed by atoms with Crippen LogP contribution < -0.4 is 10.6 Å². The molecule has 3 amide bonds. The van der Waals surface area contributed by atoms with Crippen molar-refractivity contribution >= 4 is 23.9 Å². The third kappa shape index (κ3) is 8.14. The first-order valence-electron chi connectivity index (χ1n) is 14.2. The van der Waals surface area contributed by atoms with Gasteiger partial charge in [0.1, 0.15) is 23.2 Å². The Morgan fingerprint density at radius 1 is 1.22 bits per heavy atom. The fourth-order valence-electron chi connectivity index (χ4n) is 5.14. The van der Waals surface area contributed by atoms with Crippen LogP contribution in [0, 0.1) is 5.92 Å². The summed E-state index contributed by atoms with van der Waals surface area (Å²) in [7, 11) is 0. The highest BCUT2D eigenvalue weighted by atomic mass is 16.6. The average molecular weight is 574 g/mol. The van der Waals surface area contributed by atoms with Gasteiger partial charge in [0.2, 0.25) is 11.8 Å². The monoisotopic (exact) mass is 573 g/mol. The van der Waals surface area contributed by atoms with Crippen LogP contribution in [0.3, 0.4) is 0 Å². The molecule has 2 fully saturated rings. The number of nitrogens with zero attached hydrogens (tertiary/aromatic N) is 4. The van der Waals surface area contributed by atoms with Crippen molar-refractivity contribution in [2.75, 3.05) is 13.2 Å². The average Bonchev–Trinajstić information content (AvgIpc) is 3.24. The standard InChI is InChI=1S/C28H43N7O6/c1-7-10-11-12-13-14-20(29-26(39)41-27(4,5)6)24(37)35-17-18(22-31-33-34-32-22)15-21(35)23(36)30-28(16-19(28)8-2)25(38)40-9-3/h7-8,18-21H,1-2,9-17H2,3-6H3,(H,29,39)(H,30,36)(H,31,32,33,34)/t18-,19?,20+,21+,28?/m1/s1. The summed E-state index contributed by atoms with van der Waals surface area (Å²) in [4.78, 5) is 54.7. The number of carbonyl (C=O) groups is 4. The van der Waals surface area contributed by atoms with Crippen LogP contribution in [-0.2, 0) is 23.9 Å². The minimum Gasteiger partial charge on any atom is -0.464 e. The number of allylic oxidation sites excluding steroid dienone is 1. The van der Waals surface area contributed by atoms with Crippen molar-refractivity contribution in [1.29, 1.82) is 0 Å². The molecule has 1 aromatic heterocycles. The molecular formula is C28H43N7O6. The second-order valence-corrected chi connectivity index (χ2v) is 11.6. The number of ether oxygens (including phenoxy) is 2. The molecule has 1 saturated heterocycles. The molecule has 0 bridgehead atoms. The van der Waals surface area contributed by atoms with E-state index in [9.17, 15) is 19.2 Å². The van der Waals surface area contributed by atoms with Gasteiger partial charge in [0.15, 0.2) is 5.82 Å². The molecule has 0 aromatic carbocycles. The van der Waals surface area contributed by atoms with E-state index in [1.807, 2.05) is 6.08 Å². The maximum Gasteiger partial charge on any atom is 0.408 e. The molecule has 3 N–H and O–H groups in total. The predicted molar refractivity (Wildman–Crippen MR) is 149 cm³/mol. The molecule has 1 saturated carbocycles. The number of nitrogens with one attached hydrogen (secondary N) is 3. The number of unbranched alkanes of at least 4 members (excludes halogenated alkanes) is 3. The lowest BCUT2D eigenvalue weighted by molar-refractivity contribution is -0.150. The molecule has 2 aliphatic rings. The maximum atomic E-state index is 14.0. The molecule has 2 heterocycles. The number of hydrogen-bond donors (Lipinski definition) is 3. The summed E-state index contributed by atoms with van der Waals surface area (Å²) in [6, 6.07) is -1.86. The molecule has 226 valence electrons. The summed E-state index contributed by atoms with van der Waals surface area (Å²) in [6.07, 6.45) is 6.95. The molecule has 1 aromatic rings. The summed E-state index contributed by atoms with van der Waals surface area (Å²) in [5.41, 5.74) is -1.97. The van der Waals surface area contributed by atoms with Gasteiger partial charge in [0.05, 0.1) is 6.61 Å². The topological polar surface area (TPSA) is 168 Å². The van der Waals surface area contributed by atoms with Crippen molar-refractivity contribution in [3.8, 4) is 0 Å². The minimum atomic E-state index is -1.22. The highest BCUT2D eigenvalue weighted by Crippen LogP contribution is 2.46. The number of alkyl carbamates (subject to hydrolysis) is 1. The highest BCUT2D eigenvalue weighted by Gasteiger charge is 2.62. The van der Waals surface area contributed by atoms with Gasteiger partial charge >= 0.3 is 12.1 Å². The van der Waals surface area contributed by atoms with Crippen molar-refractivity contribution in [2.24, 2.45) is 5.92 Å². The summed E-state index contributed by atoms with van der Waals surface area (Å²) in [6.45, 7) is 14.7. The molecule has 3 rings (SSSR count). The second kappa shape index (κ2) is 13.7. The van der Waals surface area contributed by atoms with Crippen molar-refractivity contribution < 1.29 is 28.7 Å². The van der Waals surface area contributed by atoms with Crippen LogP contribution in [0.15, 0.2) is 25.3 Å². The Labute approximate surface area is 240 Å². The Kier molecular flexibility index (Phi) is 10.6. The summed E-state index contributed by atoms with van der Waals surface area (Å²) < 4.78 is 10.7. The quantitative estimate of drug-likeness (QED) is 0.172. The van der Waals surface area contributed by atoms with Crippen molar-refractivity contribution in [3.63, 3.8) is 0 Å². The van der Waals surface area contributed by atoms with E-state index in [4.69, 9.17) is 9.47 Å². The molecule has 2 unspecified atom stereocenters. The van der Waals surface area contributed by atoms with E-state index in [1.54, 1.807) is 33.8 Å². The van der Waals surface area contributed by atoms with Gasteiger partial charge in [-0.2, -0.15) is 5.21 Å². The van der Waals surface area contributed by atoms with Crippen LogP contribution in [-0.4, -0.2) is 85.8 Å². The molecule has 0 radical (unpaired) electrons. The lowest BCUT2D eigenvalue weighted by atomic mass is 10.0. The minimum absolute atomic E-state index is 0.136. The maximum absolute atomic E-state index is 14.0. The van der Waals surface area contributed by atoms with Crippen LogP contribution in [0.25, 0.3) is 0 Å². The van der Waals surface area contributed by atoms with Gasteiger partial charge in [-0.3, -0.25) is 9.59 Å². The number of aromatic nitrogens is 4. The van der Waals surface area contributed by atoms with Gasteiger partial charge in [0, 0.05) is 18.4 Å². The molecule has 1 aliphatic carbocycles. The Bertz CT molecular complexity index is 1100. The second-order valence-electron chi connectivity index (χ2n) is 11.6. The van der Waals surface area contributed by atoms with Crippen LogP contribution in [0.5, 0.6) is 0 Å². The van der Waals surface area contributed by atoms with E-state index >= 15 is 0 Å². The fraction of sp³-hybridized carbons (Fsp3) is 0.679. The number of carbonyl (C=O) groups excluding carboxylic acids is 4. The van der Waals surface area contributed by atoms with Gasteiger partial charge in [-0.25, -0.2) is 9.59 Å². The highest BCUT2D eigenvalue weighted by molar-refractivity contribution is 5.96. The van der Waals surface area contributed by atoms with Crippen molar-refractivity contribution in [2.45, 2.75) is 102 Å². The van der Waals surface area contributed by atoms with E-state index in [2.05, 4.69) is 44.4 Å². The zero-order valence-corrected chi connectivity index (χ0v) is 24.5. The molecule has 13 nitrogen and oxygen atoms in total. The van der Waals surface area contributed by atoms with Gasteiger partial charge in [-0.15, -0.1) is 23.4 Å². The molecular weight excluding hydrogens is 530 g/mol. The van der Waals surface area contributed by atoms with Gasteiger partial charge in [-0.1, -0.05) is 30.2 Å². The van der Waals surface area contributed by atoms with E-state index in [-0.39, 0.29) is 31.4 Å². The summed E-state index contributed by atoms with van der Waals surface area (Å²) in [5.74, 6) is -1.74. The van der Waals surface area contributed by atoms with Crippen LogP contribution in [0.2, 0.25) is 0 Å². The number of esters is 1. The third-order valence-corrected chi connectivity index (χ3v) is 7.29. The number of rotatable bonds is 14. The molecule has 0 spiro atoms. The number of amides is 3. The van der Waals surface area contributed by atoms with Gasteiger partial charge in [-0.05, 0) is 59.8 Å². The van der Waals surface area contributed by atoms with Gasteiger partial charge < -0.3 is 25.0 Å². The largest absolute Gasteiger partial charge is 0.464 e. The first-order chi connectivity index (χ1) is 19.5. The molecule has 41 heavy (non-hydrogen) atoms. The fourth-order valence-corrected chi connectivity index (χ4v) is 5.14. The summed E-state index contributed by atoms with van der Waals surface area (Å²) >= 11 is 0. The van der Waals surface area contributed by atoms with E-state index in [1.165, 1.54) is 4.90 Å².